The number of hydrogen-bond acceptors (Lipinski definition) is 6. The topological polar surface area (TPSA) is 95.9 Å². The Balaban J connectivity index is 1.41. The molecule has 2 saturated heterocycles. The first-order valence-electron chi connectivity index (χ1n) is 12.2. The molecule has 2 aromatic carbocycles. The molecule has 5 rings (SSSR count). The molecule has 0 aliphatic carbocycles. The second kappa shape index (κ2) is 10.1. The molecule has 198 valence electrons. The Morgan fingerprint density at radius 1 is 0.974 bits per heavy atom. The molecule has 39 heavy (non-hydrogen) atoms. The molecule has 2 fully saturated rings. The predicted octanol–water partition coefficient (Wildman–Crippen LogP) is 3.52. The third-order valence-electron chi connectivity index (χ3n) is 6.58. The van der Waals surface area contributed by atoms with Crippen LogP contribution in [0.4, 0.5) is 25.0 Å². The summed E-state index contributed by atoms with van der Waals surface area (Å²) in [4.78, 5) is 51.3. The van der Waals surface area contributed by atoms with Gasteiger partial charge in [0.2, 0.25) is 5.91 Å². The smallest absolute Gasteiger partial charge is 0.332 e. The molecule has 9 nitrogen and oxygen atoms in total. The fraction of sp³-hybridized carbons (Fsp3) is 0.250. The van der Waals surface area contributed by atoms with Crippen LogP contribution in [0.15, 0.2) is 54.9 Å². The van der Waals surface area contributed by atoms with Crippen molar-refractivity contribution in [2.45, 2.75) is 25.8 Å². The Morgan fingerprint density at radius 3 is 2.26 bits per heavy atom. The lowest BCUT2D eigenvalue weighted by Gasteiger charge is -2.51. The van der Waals surface area contributed by atoms with Crippen molar-refractivity contribution >= 4 is 29.2 Å². The van der Waals surface area contributed by atoms with Gasteiger partial charge in [-0.15, -0.1) is 0 Å². The minimum absolute atomic E-state index is 0.0158. The maximum absolute atomic E-state index is 15.2. The molecule has 3 heterocycles. The zero-order valence-electron chi connectivity index (χ0n) is 21.1. The summed E-state index contributed by atoms with van der Waals surface area (Å²) in [5.41, 5.74) is -1.29. The van der Waals surface area contributed by atoms with Crippen LogP contribution in [0, 0.1) is 23.5 Å². The number of imide groups is 1. The average molecular weight is 532 g/mol. The summed E-state index contributed by atoms with van der Waals surface area (Å²) >= 11 is 0. The number of rotatable bonds is 4. The summed E-state index contributed by atoms with van der Waals surface area (Å²) in [5.74, 6) is 1.82. The van der Waals surface area contributed by atoms with Crippen LogP contribution in [0.1, 0.15) is 31.4 Å². The fourth-order valence-corrected chi connectivity index (χ4v) is 4.67. The Hall–Kier alpha value is -4.85. The number of halogens is 2. The van der Waals surface area contributed by atoms with Gasteiger partial charge in [0.15, 0.2) is 11.6 Å². The van der Waals surface area contributed by atoms with E-state index in [9.17, 15) is 14.4 Å². The molecule has 0 N–H and O–H groups in total. The first-order valence-corrected chi connectivity index (χ1v) is 12.2. The molecule has 1 atom stereocenters. The Bertz CT molecular complexity index is 1500. The number of amides is 4. The molecular formula is C28H23F2N5O4. The summed E-state index contributed by atoms with van der Waals surface area (Å²) in [5, 5.41) is 0. The lowest BCUT2D eigenvalue weighted by atomic mass is 9.88. The summed E-state index contributed by atoms with van der Waals surface area (Å²) < 4.78 is 35.6. The number of piperazine rings is 1. The number of benzene rings is 2. The van der Waals surface area contributed by atoms with E-state index in [0.717, 1.165) is 12.1 Å². The molecule has 0 unspecified atom stereocenters. The summed E-state index contributed by atoms with van der Waals surface area (Å²) in [7, 11) is 0. The lowest BCUT2D eigenvalue weighted by molar-refractivity contribution is -0.137. The summed E-state index contributed by atoms with van der Waals surface area (Å²) in [6, 6.07) is 10.00. The van der Waals surface area contributed by atoms with Crippen molar-refractivity contribution in [1.29, 1.82) is 0 Å². The van der Waals surface area contributed by atoms with Crippen LogP contribution in [-0.2, 0) is 9.59 Å². The van der Waals surface area contributed by atoms with Gasteiger partial charge in [-0.05, 0) is 38.1 Å². The highest BCUT2D eigenvalue weighted by Gasteiger charge is 2.56. The monoisotopic (exact) mass is 531 g/mol. The molecule has 0 spiro atoms. The van der Waals surface area contributed by atoms with Crippen molar-refractivity contribution in [3.63, 3.8) is 0 Å². The molecule has 2 aliphatic rings. The van der Waals surface area contributed by atoms with E-state index in [4.69, 9.17) is 4.74 Å². The minimum Gasteiger partial charge on any atom is -0.464 e. The van der Waals surface area contributed by atoms with E-state index in [1.807, 2.05) is 6.07 Å². The maximum atomic E-state index is 15.2. The molecule has 3 aromatic rings. The van der Waals surface area contributed by atoms with Gasteiger partial charge < -0.3 is 14.5 Å². The summed E-state index contributed by atoms with van der Waals surface area (Å²) in [6.07, 6.45) is 2.36. The first-order chi connectivity index (χ1) is 18.7. The van der Waals surface area contributed by atoms with E-state index in [1.54, 1.807) is 31.2 Å². The van der Waals surface area contributed by atoms with Gasteiger partial charge >= 0.3 is 12.0 Å². The number of aromatic nitrogens is 2. The number of carbonyl (C=O) groups is 3. The van der Waals surface area contributed by atoms with Gasteiger partial charge in [-0.1, -0.05) is 30.0 Å². The number of urea groups is 1. The van der Waals surface area contributed by atoms with Gasteiger partial charge in [0.25, 0.3) is 5.91 Å². The Morgan fingerprint density at radius 2 is 1.62 bits per heavy atom. The second-order valence-corrected chi connectivity index (χ2v) is 9.13. The number of nitrogens with zero attached hydrogens (tertiary/aromatic N) is 5. The molecule has 4 amide bonds. The number of ether oxygens (including phenoxy) is 1. The normalized spacial score (nSPS) is 19.0. The highest BCUT2D eigenvalue weighted by atomic mass is 19.1. The number of fused-ring (bicyclic) bond motifs is 1. The third kappa shape index (κ3) is 4.65. The first kappa shape index (κ1) is 25.8. The second-order valence-electron chi connectivity index (χ2n) is 9.13. The van der Waals surface area contributed by atoms with E-state index >= 15 is 8.78 Å². The van der Waals surface area contributed by atoms with Crippen LogP contribution in [0.2, 0.25) is 0 Å². The molecule has 2 aliphatic heterocycles. The largest absolute Gasteiger partial charge is 0.464 e. The van der Waals surface area contributed by atoms with Crippen molar-refractivity contribution in [2.24, 2.45) is 0 Å². The van der Waals surface area contributed by atoms with Crippen molar-refractivity contribution < 1.29 is 27.9 Å². The lowest BCUT2D eigenvalue weighted by Crippen LogP contribution is -2.73. The summed E-state index contributed by atoms with van der Waals surface area (Å²) in [6.45, 7) is 3.70. The van der Waals surface area contributed by atoms with E-state index in [0.29, 0.717) is 22.8 Å². The molecule has 11 heteroatoms. The van der Waals surface area contributed by atoms with E-state index < -0.39 is 47.1 Å². The van der Waals surface area contributed by atoms with Gasteiger partial charge in [0.05, 0.1) is 31.1 Å². The SMILES string of the molecule is CCOc1ncc(N2CCN3C(=O)N(c4c(F)cc(C#Cc5ccccc5)cc4F)C(=O)C[C@@]3(C)C2=O)cn1. The van der Waals surface area contributed by atoms with Crippen molar-refractivity contribution in [3.05, 3.63) is 77.6 Å². The maximum Gasteiger partial charge on any atom is 0.332 e. The van der Waals surface area contributed by atoms with Crippen LogP contribution in [0.25, 0.3) is 0 Å². The zero-order valence-corrected chi connectivity index (χ0v) is 21.1. The molecule has 1 aromatic heterocycles. The van der Waals surface area contributed by atoms with Crippen LogP contribution in [0.5, 0.6) is 6.01 Å². The quantitative estimate of drug-likeness (QED) is 0.478. The predicted molar refractivity (Wildman–Crippen MR) is 137 cm³/mol. The van der Waals surface area contributed by atoms with Crippen LogP contribution in [-0.4, -0.2) is 57.9 Å². The Kier molecular flexibility index (Phi) is 6.70. The molecule has 0 radical (unpaired) electrons. The van der Waals surface area contributed by atoms with Crippen molar-refractivity contribution in [3.8, 4) is 17.9 Å². The number of carbonyl (C=O) groups excluding carboxylic acids is 3. The van der Waals surface area contributed by atoms with E-state index in [-0.39, 0.29) is 24.7 Å². The highest BCUT2D eigenvalue weighted by molar-refractivity contribution is 6.20. The zero-order chi connectivity index (χ0) is 27.7. The van der Waals surface area contributed by atoms with Gasteiger partial charge in [-0.25, -0.2) is 28.4 Å². The van der Waals surface area contributed by atoms with Crippen molar-refractivity contribution in [1.82, 2.24) is 14.9 Å². The molecule has 0 bridgehead atoms. The van der Waals surface area contributed by atoms with Gasteiger partial charge in [-0.3, -0.25) is 9.59 Å². The standard InChI is InChI=1S/C28H23F2N5O4/c1-3-39-26-31-16-20(17-32-26)33-11-12-34-27(38)35(23(36)15-28(34,2)25(33)37)24-21(29)13-19(14-22(24)30)10-9-18-7-5-4-6-8-18/h4-8,13-14,16-17H,3,11-12,15H2,1-2H3/t28-/m0/s1. The Labute approximate surface area is 223 Å². The van der Waals surface area contributed by atoms with Gasteiger partial charge in [0.1, 0.15) is 11.2 Å². The molecular weight excluding hydrogens is 508 g/mol. The van der Waals surface area contributed by atoms with Crippen LogP contribution in [0.3, 0.4) is 0 Å². The van der Waals surface area contributed by atoms with E-state index in [1.165, 1.54) is 29.1 Å². The van der Waals surface area contributed by atoms with Crippen LogP contribution >= 0.6 is 0 Å². The van der Waals surface area contributed by atoms with Crippen LogP contribution < -0.4 is 14.5 Å². The third-order valence-corrected chi connectivity index (χ3v) is 6.58. The van der Waals surface area contributed by atoms with Crippen molar-refractivity contribution in [2.75, 3.05) is 29.5 Å². The number of hydrogen-bond donors (Lipinski definition) is 0. The molecule has 0 saturated carbocycles. The van der Waals surface area contributed by atoms with E-state index in [2.05, 4.69) is 21.8 Å². The average Bonchev–Trinajstić information content (AvgIpc) is 2.91. The number of anilines is 2. The minimum atomic E-state index is -1.56. The fourth-order valence-electron chi connectivity index (χ4n) is 4.67. The highest BCUT2D eigenvalue weighted by Crippen LogP contribution is 2.38. The van der Waals surface area contributed by atoms with Gasteiger partial charge in [-0.2, -0.15) is 0 Å². The van der Waals surface area contributed by atoms with Gasteiger partial charge in [0, 0.05) is 24.2 Å².